The molecule has 29 heavy (non-hydrogen) atoms. The normalized spacial score (nSPS) is 12.0. The molecular weight excluding hydrogens is 413 g/mol. The van der Waals surface area contributed by atoms with Crippen LogP contribution in [0.4, 0.5) is 5.69 Å². The molecule has 4 aromatic rings. The van der Waals surface area contributed by atoms with Gasteiger partial charge in [0.25, 0.3) is 5.91 Å². The molecule has 0 saturated heterocycles. The van der Waals surface area contributed by atoms with Crippen molar-refractivity contribution in [3.63, 3.8) is 0 Å². The van der Waals surface area contributed by atoms with Crippen LogP contribution in [0.25, 0.3) is 22.6 Å². The van der Waals surface area contributed by atoms with Crippen molar-refractivity contribution in [2.75, 3.05) is 5.32 Å². The Bertz CT molecular complexity index is 1180. The van der Waals surface area contributed by atoms with Gasteiger partial charge in [0, 0.05) is 28.7 Å². The summed E-state index contributed by atoms with van der Waals surface area (Å²) in [6.07, 6.45) is 2.57. The van der Waals surface area contributed by atoms with Crippen LogP contribution in [0.15, 0.2) is 65.3 Å². The molecule has 0 unspecified atom stereocenters. The molecule has 0 fully saturated rings. The van der Waals surface area contributed by atoms with Crippen LogP contribution in [0, 0.1) is 0 Å². The summed E-state index contributed by atoms with van der Waals surface area (Å²) in [7, 11) is 0. The molecule has 8 heteroatoms. The van der Waals surface area contributed by atoms with E-state index in [2.05, 4.69) is 15.3 Å². The maximum atomic E-state index is 12.5. The SMILES string of the molecule is C[C@@H](Oc1ccc(Cl)cc1Cl)C(=O)Nc1ccc2oc(-c3ccncc3)nc2c1. The Hall–Kier alpha value is -3.09. The van der Waals surface area contributed by atoms with E-state index in [-0.39, 0.29) is 5.91 Å². The third kappa shape index (κ3) is 4.34. The molecule has 0 aliphatic carbocycles. The maximum absolute atomic E-state index is 12.5. The zero-order valence-corrected chi connectivity index (χ0v) is 16.7. The summed E-state index contributed by atoms with van der Waals surface area (Å²) >= 11 is 12.0. The van der Waals surface area contributed by atoms with Gasteiger partial charge < -0.3 is 14.5 Å². The number of hydrogen-bond acceptors (Lipinski definition) is 5. The molecule has 2 aromatic carbocycles. The van der Waals surface area contributed by atoms with Crippen molar-refractivity contribution in [2.45, 2.75) is 13.0 Å². The third-order valence-corrected chi connectivity index (χ3v) is 4.68. The first-order valence-corrected chi connectivity index (χ1v) is 9.49. The van der Waals surface area contributed by atoms with Crippen molar-refractivity contribution in [1.29, 1.82) is 0 Å². The van der Waals surface area contributed by atoms with E-state index in [0.717, 1.165) is 5.56 Å². The van der Waals surface area contributed by atoms with E-state index >= 15 is 0 Å². The Morgan fingerprint density at radius 2 is 1.90 bits per heavy atom. The van der Waals surface area contributed by atoms with Gasteiger partial charge in [0.1, 0.15) is 11.3 Å². The molecule has 0 radical (unpaired) electrons. The van der Waals surface area contributed by atoms with Gasteiger partial charge in [-0.05, 0) is 55.5 Å². The standard InChI is InChI=1S/C21H15Cl2N3O3/c1-12(28-18-4-2-14(22)10-16(18)23)20(27)25-15-3-5-19-17(11-15)26-21(29-19)13-6-8-24-9-7-13/h2-12H,1H3,(H,25,27)/t12-/m1/s1. The predicted molar refractivity (Wildman–Crippen MR) is 112 cm³/mol. The second kappa shape index (κ2) is 8.11. The summed E-state index contributed by atoms with van der Waals surface area (Å²) in [5.74, 6) is 0.542. The van der Waals surface area contributed by atoms with Crippen molar-refractivity contribution in [3.05, 3.63) is 71.0 Å². The molecule has 0 spiro atoms. The van der Waals surface area contributed by atoms with Gasteiger partial charge in [-0.1, -0.05) is 23.2 Å². The number of fused-ring (bicyclic) bond motifs is 1. The molecule has 1 N–H and O–H groups in total. The van der Waals surface area contributed by atoms with Crippen molar-refractivity contribution in [3.8, 4) is 17.2 Å². The zero-order valence-electron chi connectivity index (χ0n) is 15.2. The van der Waals surface area contributed by atoms with Gasteiger partial charge in [-0.3, -0.25) is 9.78 Å². The minimum absolute atomic E-state index is 0.326. The van der Waals surface area contributed by atoms with E-state index in [1.165, 1.54) is 0 Å². The number of benzene rings is 2. The lowest BCUT2D eigenvalue weighted by molar-refractivity contribution is -0.122. The fraction of sp³-hybridized carbons (Fsp3) is 0.0952. The number of carbonyl (C=O) groups excluding carboxylic acids is 1. The first-order chi connectivity index (χ1) is 14.0. The zero-order chi connectivity index (χ0) is 20.4. The second-order valence-corrected chi connectivity index (χ2v) is 7.11. The number of pyridine rings is 1. The topological polar surface area (TPSA) is 77.2 Å². The fourth-order valence-corrected chi connectivity index (χ4v) is 3.13. The highest BCUT2D eigenvalue weighted by atomic mass is 35.5. The van der Waals surface area contributed by atoms with Crippen LogP contribution in [0.5, 0.6) is 5.75 Å². The van der Waals surface area contributed by atoms with Crippen LogP contribution in [0.2, 0.25) is 10.0 Å². The predicted octanol–water partition coefficient (Wildman–Crippen LogP) is 5.60. The Balaban J connectivity index is 1.48. The number of rotatable bonds is 5. The van der Waals surface area contributed by atoms with Crippen LogP contribution in [0.3, 0.4) is 0 Å². The molecule has 0 saturated carbocycles. The van der Waals surface area contributed by atoms with Gasteiger partial charge in [-0.2, -0.15) is 0 Å². The number of amides is 1. The lowest BCUT2D eigenvalue weighted by Gasteiger charge is -2.15. The van der Waals surface area contributed by atoms with Gasteiger partial charge in [0.05, 0.1) is 5.02 Å². The van der Waals surface area contributed by atoms with Crippen molar-refractivity contribution in [2.24, 2.45) is 0 Å². The first kappa shape index (κ1) is 19.2. The summed E-state index contributed by atoms with van der Waals surface area (Å²) in [4.78, 5) is 21.0. The van der Waals surface area contributed by atoms with Gasteiger partial charge >= 0.3 is 0 Å². The van der Waals surface area contributed by atoms with Crippen LogP contribution in [0.1, 0.15) is 6.92 Å². The van der Waals surface area contributed by atoms with Crippen LogP contribution in [-0.4, -0.2) is 22.0 Å². The number of aromatic nitrogens is 2. The van der Waals surface area contributed by atoms with Crippen LogP contribution in [-0.2, 0) is 4.79 Å². The highest BCUT2D eigenvalue weighted by molar-refractivity contribution is 6.35. The van der Waals surface area contributed by atoms with E-state index in [1.807, 2.05) is 12.1 Å². The van der Waals surface area contributed by atoms with E-state index < -0.39 is 6.10 Å². The van der Waals surface area contributed by atoms with Crippen molar-refractivity contribution in [1.82, 2.24) is 9.97 Å². The van der Waals surface area contributed by atoms with E-state index in [1.54, 1.807) is 55.7 Å². The highest BCUT2D eigenvalue weighted by Crippen LogP contribution is 2.29. The molecule has 146 valence electrons. The molecule has 4 rings (SSSR count). The molecule has 1 amide bonds. The summed E-state index contributed by atoms with van der Waals surface area (Å²) in [6, 6.07) is 13.7. The minimum atomic E-state index is -0.769. The third-order valence-electron chi connectivity index (χ3n) is 4.15. The molecular formula is C21H15Cl2N3O3. The number of nitrogens with zero attached hydrogens (tertiary/aromatic N) is 2. The number of ether oxygens (including phenoxy) is 1. The number of anilines is 1. The van der Waals surface area contributed by atoms with Crippen LogP contribution < -0.4 is 10.1 Å². The lowest BCUT2D eigenvalue weighted by Crippen LogP contribution is -2.30. The van der Waals surface area contributed by atoms with Crippen molar-refractivity contribution >= 4 is 45.9 Å². The minimum Gasteiger partial charge on any atom is -0.479 e. The Kier molecular flexibility index (Phi) is 5.38. The number of carbonyl (C=O) groups is 1. The Morgan fingerprint density at radius 3 is 2.66 bits per heavy atom. The van der Waals surface area contributed by atoms with Gasteiger partial charge in [-0.15, -0.1) is 0 Å². The largest absolute Gasteiger partial charge is 0.479 e. The average molecular weight is 428 g/mol. The summed E-state index contributed by atoms with van der Waals surface area (Å²) in [6.45, 7) is 1.64. The van der Waals surface area contributed by atoms with Crippen LogP contribution >= 0.6 is 23.2 Å². The monoisotopic (exact) mass is 427 g/mol. The summed E-state index contributed by atoms with van der Waals surface area (Å²) in [5.41, 5.74) is 2.65. The number of hydrogen-bond donors (Lipinski definition) is 1. The average Bonchev–Trinajstić information content (AvgIpc) is 3.14. The molecule has 0 aliphatic rings. The smallest absolute Gasteiger partial charge is 0.265 e. The Morgan fingerprint density at radius 1 is 1.10 bits per heavy atom. The number of nitrogens with one attached hydrogen (secondary N) is 1. The summed E-state index contributed by atoms with van der Waals surface area (Å²) in [5, 5.41) is 3.64. The first-order valence-electron chi connectivity index (χ1n) is 8.73. The molecule has 1 atom stereocenters. The molecule has 0 aliphatic heterocycles. The number of halogens is 2. The quantitative estimate of drug-likeness (QED) is 0.448. The molecule has 2 aromatic heterocycles. The van der Waals surface area contributed by atoms with E-state index in [4.69, 9.17) is 32.4 Å². The molecule has 0 bridgehead atoms. The number of oxazole rings is 1. The lowest BCUT2D eigenvalue weighted by atomic mass is 10.2. The van der Waals surface area contributed by atoms with Crippen molar-refractivity contribution < 1.29 is 13.9 Å². The van der Waals surface area contributed by atoms with E-state index in [9.17, 15) is 4.79 Å². The summed E-state index contributed by atoms with van der Waals surface area (Å²) < 4.78 is 11.4. The Labute approximate surface area is 176 Å². The molecule has 6 nitrogen and oxygen atoms in total. The molecule has 2 heterocycles. The highest BCUT2D eigenvalue weighted by Gasteiger charge is 2.17. The van der Waals surface area contributed by atoms with Gasteiger partial charge in [0.2, 0.25) is 5.89 Å². The fourth-order valence-electron chi connectivity index (χ4n) is 2.68. The maximum Gasteiger partial charge on any atom is 0.265 e. The van der Waals surface area contributed by atoms with Gasteiger partial charge in [-0.25, -0.2) is 4.98 Å². The second-order valence-electron chi connectivity index (χ2n) is 6.26. The van der Waals surface area contributed by atoms with Gasteiger partial charge in [0.15, 0.2) is 11.7 Å². The van der Waals surface area contributed by atoms with E-state index in [0.29, 0.717) is 38.5 Å².